The van der Waals surface area contributed by atoms with Gasteiger partial charge in [-0.2, -0.15) is 16.1 Å². The first-order valence-corrected chi connectivity index (χ1v) is 21.8. The number of rotatable bonds is 23. The molecule has 1 saturated heterocycles. The van der Waals surface area contributed by atoms with Gasteiger partial charge in [0.05, 0.1) is 25.1 Å². The molecule has 0 aliphatic carbocycles. The second-order valence-corrected chi connectivity index (χ2v) is 18.9. The Morgan fingerprint density at radius 1 is 1.06 bits per heavy atom. The molecule has 0 bridgehead atoms. The molecule has 12 N–H and O–H groups in total. The molecule has 8 atom stereocenters. The minimum Gasteiger partial charge on any atom is -0.390 e. The van der Waals surface area contributed by atoms with Crippen LogP contribution in [0.15, 0.2) is 12.7 Å². The zero-order chi connectivity index (χ0) is 40.7. The van der Waals surface area contributed by atoms with E-state index in [-0.39, 0.29) is 29.9 Å². The number of aliphatic hydroxyl groups is 4. The van der Waals surface area contributed by atoms with Gasteiger partial charge in [-0.25, -0.2) is 28.6 Å². The van der Waals surface area contributed by atoms with Gasteiger partial charge in [-0.15, -0.1) is 0 Å². The van der Waals surface area contributed by atoms with Crippen LogP contribution in [0, 0.1) is 5.41 Å². The van der Waals surface area contributed by atoms with Gasteiger partial charge in [0.2, 0.25) is 5.91 Å². The van der Waals surface area contributed by atoms with Crippen LogP contribution in [0.5, 0.6) is 0 Å². The Balaban J connectivity index is 1.50. The van der Waals surface area contributed by atoms with E-state index < -0.39 is 90.5 Å². The second kappa shape index (κ2) is 19.2. The molecule has 1 aliphatic heterocycles. The fraction of sp³-hybridized carbons (Fsp3) is 0.769. The summed E-state index contributed by atoms with van der Waals surface area (Å²) < 4.78 is 62.1. The summed E-state index contributed by atoms with van der Waals surface area (Å²) in [6.45, 7) is 4.44. The number of aromatic nitrogens is 4. The van der Waals surface area contributed by atoms with Crippen LogP contribution in [0.3, 0.4) is 0 Å². The highest BCUT2D eigenvalue weighted by Crippen LogP contribution is 2.61. The summed E-state index contributed by atoms with van der Waals surface area (Å²) in [5, 5.41) is 46.5. The number of anilines is 1. The van der Waals surface area contributed by atoms with Crippen LogP contribution in [0.1, 0.15) is 46.8 Å². The minimum atomic E-state index is -5.55. The number of imidazole rings is 1. The van der Waals surface area contributed by atoms with Crippen molar-refractivity contribution < 1.29 is 81.1 Å². The molecule has 2 aromatic heterocycles. The quantitative estimate of drug-likeness (QED) is 0.0366. The Kier molecular flexibility index (Phi) is 16.6. The first kappa shape index (κ1) is 46.7. The van der Waals surface area contributed by atoms with E-state index in [0.717, 1.165) is 23.0 Å². The van der Waals surface area contributed by atoms with Crippen molar-refractivity contribution in [2.75, 3.05) is 43.5 Å². The molecular weight excluding hydrogens is 807 g/mol. The van der Waals surface area contributed by atoms with Crippen LogP contribution in [0.25, 0.3) is 11.2 Å². The van der Waals surface area contributed by atoms with E-state index in [1.165, 1.54) is 13.8 Å². The molecule has 310 valence electrons. The molecule has 1 amide bonds. The van der Waals surface area contributed by atoms with Crippen molar-refractivity contribution in [3.8, 4) is 0 Å². The third-order valence-electron chi connectivity index (χ3n) is 7.63. The lowest BCUT2D eigenvalue weighted by Gasteiger charge is -2.30. The number of fused-ring (bicyclic) bond motifs is 1. The van der Waals surface area contributed by atoms with Crippen molar-refractivity contribution in [1.29, 1.82) is 0 Å². The molecule has 0 saturated carbocycles. The lowest BCUT2D eigenvalue weighted by molar-refractivity contribution is -0.137. The number of carbonyl (C=O) groups excluding carboxylic acids is 1. The highest BCUT2D eigenvalue weighted by atomic mass is 32.2. The van der Waals surface area contributed by atoms with Gasteiger partial charge in [0.25, 0.3) is 0 Å². The molecule has 1 fully saturated rings. The first-order chi connectivity index (χ1) is 24.8. The molecule has 8 unspecified atom stereocenters. The molecule has 1 aliphatic rings. The molecule has 3 rings (SSSR count). The number of aliphatic hydroxyl groups excluding tert-OH is 3. The number of hydrogen-bond donors (Lipinski definition) is 11. The summed E-state index contributed by atoms with van der Waals surface area (Å²) in [5.41, 5.74) is 3.56. The van der Waals surface area contributed by atoms with Crippen LogP contribution in [-0.4, -0.2) is 139 Å². The Bertz CT molecular complexity index is 1700. The minimum absolute atomic E-state index is 0.0362. The summed E-state index contributed by atoms with van der Waals surface area (Å²) in [5.74, 6) is 0.467. The first-order valence-electron chi connectivity index (χ1n) is 16.1. The number of hydrogen-bond acceptors (Lipinski definition) is 19. The van der Waals surface area contributed by atoms with Gasteiger partial charge in [-0.3, -0.25) is 28.2 Å². The van der Waals surface area contributed by atoms with Crippen molar-refractivity contribution in [2.45, 2.75) is 83.0 Å². The summed E-state index contributed by atoms with van der Waals surface area (Å²) >= 11 is 1.59. The predicted molar refractivity (Wildman–Crippen MR) is 189 cm³/mol. The van der Waals surface area contributed by atoms with Crippen LogP contribution >= 0.6 is 35.2 Å². The van der Waals surface area contributed by atoms with Crippen molar-refractivity contribution in [2.24, 2.45) is 5.41 Å². The van der Waals surface area contributed by atoms with Gasteiger partial charge in [0.1, 0.15) is 42.5 Å². The SMILES string of the molecule is CC(C)(O)CCSCCNC(O)CCNC(=O)C(O)C(C)(C)COP(=O)(O)OP(=O)(O)OCC1OC(n2cnc3c(N)ncnc32)C(O)C1OP(=O)(O)O. The Morgan fingerprint density at radius 2 is 1.72 bits per heavy atom. The Labute approximate surface area is 313 Å². The number of nitrogens with one attached hydrogen (secondary N) is 2. The number of carbonyl (C=O) groups is 1. The maximum absolute atomic E-state index is 12.7. The standard InChI is InChI=1S/C26H48N7O17P3S/c1-25(2,20(36)23(37)29-7-5-16(34)28-8-10-54-9-6-26(3,4)38)12-47-53(44,45)50-52(42,43)46-11-15-19(49-51(39,40)41)18(35)24(48-15)33-14-32-17-21(27)30-13-31-22(17)33/h13-16,18-20,24,28,34-36,38H,5-12H2,1-4H3,(H,29,37)(H,42,43)(H,44,45)(H2,27,30,31)(H2,39,40,41). The number of amides is 1. The van der Waals surface area contributed by atoms with Crippen LogP contribution in [0.4, 0.5) is 5.82 Å². The highest BCUT2D eigenvalue weighted by molar-refractivity contribution is 7.99. The third kappa shape index (κ3) is 14.7. The van der Waals surface area contributed by atoms with Crippen molar-refractivity contribution in [3.05, 3.63) is 12.7 Å². The Morgan fingerprint density at radius 3 is 2.37 bits per heavy atom. The highest BCUT2D eigenvalue weighted by Gasteiger charge is 2.50. The zero-order valence-corrected chi connectivity index (χ0v) is 33.1. The zero-order valence-electron chi connectivity index (χ0n) is 29.6. The fourth-order valence-corrected chi connectivity index (χ4v) is 8.65. The number of phosphoric acid groups is 3. The normalized spacial score (nSPS) is 23.2. The molecule has 0 spiro atoms. The summed E-state index contributed by atoms with van der Waals surface area (Å²) in [7, 11) is -16.3. The maximum atomic E-state index is 12.7. The van der Waals surface area contributed by atoms with Gasteiger partial charge in [0, 0.05) is 30.7 Å². The number of thioether (sulfide) groups is 1. The van der Waals surface area contributed by atoms with E-state index in [1.807, 2.05) is 0 Å². The summed E-state index contributed by atoms with van der Waals surface area (Å²) in [6, 6.07) is 0. The van der Waals surface area contributed by atoms with Crippen LogP contribution in [0.2, 0.25) is 0 Å². The average molecular weight is 856 g/mol. The van der Waals surface area contributed by atoms with E-state index in [4.69, 9.17) is 19.5 Å². The van der Waals surface area contributed by atoms with Crippen LogP contribution < -0.4 is 16.4 Å². The fourth-order valence-electron chi connectivity index (χ4n) is 4.71. The lowest BCUT2D eigenvalue weighted by Crippen LogP contribution is -2.46. The Hall–Kier alpha value is -1.70. The lowest BCUT2D eigenvalue weighted by atomic mass is 9.87. The number of phosphoric ester groups is 3. The van der Waals surface area contributed by atoms with E-state index in [1.54, 1.807) is 25.6 Å². The predicted octanol–water partition coefficient (Wildman–Crippen LogP) is -0.909. The molecule has 3 heterocycles. The van der Waals surface area contributed by atoms with Gasteiger partial charge < -0.3 is 55.8 Å². The van der Waals surface area contributed by atoms with Gasteiger partial charge in [0.15, 0.2) is 17.7 Å². The molecule has 2 aromatic rings. The monoisotopic (exact) mass is 855 g/mol. The van der Waals surface area contributed by atoms with E-state index in [2.05, 4.69) is 34.4 Å². The van der Waals surface area contributed by atoms with Gasteiger partial charge in [-0.1, -0.05) is 13.8 Å². The van der Waals surface area contributed by atoms with Crippen molar-refractivity contribution in [3.63, 3.8) is 0 Å². The molecular formula is C26H48N7O17P3S. The number of nitrogen functional groups attached to an aromatic ring is 1. The van der Waals surface area contributed by atoms with E-state index in [0.29, 0.717) is 18.7 Å². The second-order valence-electron chi connectivity index (χ2n) is 13.4. The van der Waals surface area contributed by atoms with Gasteiger partial charge in [-0.05, 0) is 26.0 Å². The molecule has 0 radical (unpaired) electrons. The molecule has 54 heavy (non-hydrogen) atoms. The maximum Gasteiger partial charge on any atom is 0.481 e. The van der Waals surface area contributed by atoms with E-state index >= 15 is 0 Å². The van der Waals surface area contributed by atoms with Crippen molar-refractivity contribution in [1.82, 2.24) is 30.2 Å². The van der Waals surface area contributed by atoms with Gasteiger partial charge >= 0.3 is 23.5 Å². The average Bonchev–Trinajstić information content (AvgIpc) is 3.60. The summed E-state index contributed by atoms with van der Waals surface area (Å²) in [6.07, 6.45) is -6.91. The smallest absolute Gasteiger partial charge is 0.390 e. The number of ether oxygens (including phenoxy) is 1. The number of nitrogens with two attached hydrogens (primary N) is 1. The topological polar surface area (TPSA) is 370 Å². The largest absolute Gasteiger partial charge is 0.481 e. The van der Waals surface area contributed by atoms with Crippen LogP contribution in [-0.2, 0) is 41.1 Å². The van der Waals surface area contributed by atoms with Crippen molar-refractivity contribution >= 4 is 58.1 Å². The molecule has 28 heteroatoms. The summed E-state index contributed by atoms with van der Waals surface area (Å²) in [4.78, 5) is 63.5. The van der Waals surface area contributed by atoms with E-state index in [9.17, 15) is 58.5 Å². The molecule has 0 aromatic carbocycles. The third-order valence-corrected chi connectivity index (χ3v) is 11.7. The molecule has 24 nitrogen and oxygen atoms in total. The number of nitrogens with zero attached hydrogens (tertiary/aromatic N) is 4.